The number of aromatic nitrogens is 1. The maximum atomic E-state index is 12.3. The number of phenolic OH excluding ortho intramolecular Hbond substituents is 2. The summed E-state index contributed by atoms with van der Waals surface area (Å²) < 4.78 is 0. The van der Waals surface area contributed by atoms with E-state index in [1.165, 1.54) is 12.1 Å². The second-order valence-corrected chi connectivity index (χ2v) is 4.22. The molecule has 1 aliphatic carbocycles. The Morgan fingerprint density at radius 3 is 2.58 bits per heavy atom. The van der Waals surface area contributed by atoms with Crippen molar-refractivity contribution in [3.05, 3.63) is 53.4 Å². The first-order valence-corrected chi connectivity index (χ1v) is 5.58. The lowest BCUT2D eigenvalue weighted by atomic mass is 9.87. The molecule has 2 aromatic rings. The van der Waals surface area contributed by atoms with Crippen LogP contribution in [0, 0.1) is 0 Å². The Morgan fingerprint density at radius 1 is 1.11 bits per heavy atom. The van der Waals surface area contributed by atoms with Crippen molar-refractivity contribution < 1.29 is 19.8 Å². The Kier molecular flexibility index (Phi) is 2.28. The molecule has 1 aromatic carbocycles. The fraction of sp³-hybridized carbons (Fsp3) is 0. The Balaban J connectivity index is 2.23. The van der Waals surface area contributed by atoms with E-state index in [0.717, 1.165) is 6.07 Å². The molecule has 1 aliphatic rings. The first-order valence-electron chi connectivity index (χ1n) is 5.58. The molecule has 0 bridgehead atoms. The number of aromatic hydroxyl groups is 2. The Bertz CT molecular complexity index is 726. The molecule has 3 rings (SSSR count). The zero-order valence-electron chi connectivity index (χ0n) is 9.68. The lowest BCUT2D eigenvalue weighted by molar-refractivity contribution is 0.0998. The van der Waals surface area contributed by atoms with Crippen molar-refractivity contribution in [2.24, 2.45) is 0 Å². The molecule has 0 amide bonds. The van der Waals surface area contributed by atoms with E-state index >= 15 is 0 Å². The summed E-state index contributed by atoms with van der Waals surface area (Å²) in [7, 11) is 0. The third-order valence-corrected chi connectivity index (χ3v) is 3.00. The Hall–Kier alpha value is -2.82. The van der Waals surface area contributed by atoms with E-state index in [0.29, 0.717) is 5.69 Å². The fourth-order valence-corrected chi connectivity index (χ4v) is 2.16. The van der Waals surface area contributed by atoms with E-state index in [9.17, 15) is 19.8 Å². The van der Waals surface area contributed by atoms with E-state index in [1.54, 1.807) is 18.3 Å². The van der Waals surface area contributed by atoms with Gasteiger partial charge in [0, 0.05) is 29.1 Å². The number of ketones is 2. The van der Waals surface area contributed by atoms with E-state index in [2.05, 4.69) is 4.98 Å². The molecule has 5 nitrogen and oxygen atoms in total. The quantitative estimate of drug-likeness (QED) is 0.725. The molecule has 0 radical (unpaired) electrons. The van der Waals surface area contributed by atoms with Crippen LogP contribution >= 0.6 is 0 Å². The molecular weight excluding hydrogens is 246 g/mol. The van der Waals surface area contributed by atoms with Crippen LogP contribution in [0.4, 0.5) is 0 Å². The average Bonchev–Trinajstić information content (AvgIpc) is 2.86. The standard InChI is InChI=1S/C14H9NO4/c16-7-4-9-13(11(17)5-7)12(18)6-8(14(9)19)10-2-1-3-15-10/h1-6,15-17H. The summed E-state index contributed by atoms with van der Waals surface area (Å²) in [5.41, 5.74) is 0.673. The molecule has 19 heavy (non-hydrogen) atoms. The van der Waals surface area contributed by atoms with Gasteiger partial charge in [0.05, 0.1) is 5.56 Å². The normalized spacial score (nSPS) is 14.2. The van der Waals surface area contributed by atoms with Crippen molar-refractivity contribution in [1.29, 1.82) is 0 Å². The zero-order valence-corrected chi connectivity index (χ0v) is 9.68. The second-order valence-electron chi connectivity index (χ2n) is 4.22. The van der Waals surface area contributed by atoms with E-state index in [-0.39, 0.29) is 22.4 Å². The predicted octanol–water partition coefficient (Wildman–Crippen LogP) is 1.89. The van der Waals surface area contributed by atoms with Gasteiger partial charge in [0.15, 0.2) is 11.6 Å². The van der Waals surface area contributed by atoms with Gasteiger partial charge in [-0.05, 0) is 24.3 Å². The van der Waals surface area contributed by atoms with Crippen molar-refractivity contribution in [3.8, 4) is 11.5 Å². The van der Waals surface area contributed by atoms with Crippen molar-refractivity contribution >= 4 is 17.1 Å². The largest absolute Gasteiger partial charge is 0.508 e. The van der Waals surface area contributed by atoms with Crippen molar-refractivity contribution in [2.75, 3.05) is 0 Å². The summed E-state index contributed by atoms with van der Waals surface area (Å²) >= 11 is 0. The molecule has 0 saturated carbocycles. The number of Topliss-reactive ketones (excluding diaryl/α,β-unsaturated/α-hetero) is 1. The first-order chi connectivity index (χ1) is 9.08. The van der Waals surface area contributed by atoms with E-state index < -0.39 is 17.3 Å². The van der Waals surface area contributed by atoms with Crippen molar-refractivity contribution in [1.82, 2.24) is 4.98 Å². The van der Waals surface area contributed by atoms with E-state index in [1.807, 2.05) is 0 Å². The van der Waals surface area contributed by atoms with Crippen LogP contribution in [0.1, 0.15) is 26.4 Å². The molecule has 0 fully saturated rings. The second kappa shape index (κ2) is 3.84. The fourth-order valence-electron chi connectivity index (χ4n) is 2.16. The number of carbonyl (C=O) groups is 2. The highest BCUT2D eigenvalue weighted by Crippen LogP contribution is 2.34. The number of aromatic amines is 1. The minimum Gasteiger partial charge on any atom is -0.508 e. The lowest BCUT2D eigenvalue weighted by Crippen LogP contribution is -2.16. The van der Waals surface area contributed by atoms with Crippen LogP contribution in [0.3, 0.4) is 0 Å². The minimum atomic E-state index is -0.461. The van der Waals surface area contributed by atoms with Crippen LogP contribution in [0.2, 0.25) is 0 Å². The third-order valence-electron chi connectivity index (χ3n) is 3.00. The predicted molar refractivity (Wildman–Crippen MR) is 67.2 cm³/mol. The average molecular weight is 255 g/mol. The minimum absolute atomic E-state index is 0.00889. The van der Waals surface area contributed by atoms with Gasteiger partial charge < -0.3 is 15.2 Å². The molecule has 0 unspecified atom stereocenters. The first kappa shape index (κ1) is 11.3. The van der Waals surface area contributed by atoms with Crippen LogP contribution in [0.5, 0.6) is 11.5 Å². The van der Waals surface area contributed by atoms with Gasteiger partial charge in [-0.25, -0.2) is 0 Å². The SMILES string of the molecule is O=C1C(c2ccc[nH]2)=CC(=O)c2c(O)cc(O)cc21. The highest BCUT2D eigenvalue weighted by Gasteiger charge is 2.29. The number of rotatable bonds is 1. The lowest BCUT2D eigenvalue weighted by Gasteiger charge is -2.15. The number of phenols is 2. The van der Waals surface area contributed by atoms with Gasteiger partial charge in [-0.15, -0.1) is 0 Å². The maximum absolute atomic E-state index is 12.3. The Morgan fingerprint density at radius 2 is 1.89 bits per heavy atom. The number of H-pyrrole nitrogens is 1. The molecule has 1 aromatic heterocycles. The number of nitrogens with one attached hydrogen (secondary N) is 1. The summed E-state index contributed by atoms with van der Waals surface area (Å²) in [6.45, 7) is 0. The van der Waals surface area contributed by atoms with E-state index in [4.69, 9.17) is 0 Å². The van der Waals surface area contributed by atoms with Crippen LogP contribution < -0.4 is 0 Å². The topological polar surface area (TPSA) is 90.4 Å². The maximum Gasteiger partial charge on any atom is 0.196 e. The molecule has 0 saturated heterocycles. The summed E-state index contributed by atoms with van der Waals surface area (Å²) in [5.74, 6) is -1.53. The molecule has 0 spiro atoms. The highest BCUT2D eigenvalue weighted by molar-refractivity contribution is 6.39. The summed E-state index contributed by atoms with van der Waals surface area (Å²) in [4.78, 5) is 27.1. The zero-order chi connectivity index (χ0) is 13.6. The van der Waals surface area contributed by atoms with Crippen molar-refractivity contribution in [2.45, 2.75) is 0 Å². The van der Waals surface area contributed by atoms with Gasteiger partial charge in [0.2, 0.25) is 0 Å². The van der Waals surface area contributed by atoms with Crippen LogP contribution in [0.15, 0.2) is 36.5 Å². The van der Waals surface area contributed by atoms with Crippen LogP contribution in [-0.2, 0) is 0 Å². The number of allylic oxidation sites excluding steroid dienone is 2. The van der Waals surface area contributed by atoms with Crippen LogP contribution in [-0.4, -0.2) is 26.8 Å². The molecule has 5 heteroatoms. The number of fused-ring (bicyclic) bond motifs is 1. The molecule has 0 aliphatic heterocycles. The molecule has 0 atom stereocenters. The van der Waals surface area contributed by atoms with Gasteiger partial charge >= 0.3 is 0 Å². The van der Waals surface area contributed by atoms with Crippen molar-refractivity contribution in [3.63, 3.8) is 0 Å². The number of carbonyl (C=O) groups excluding carboxylic acids is 2. The van der Waals surface area contributed by atoms with Gasteiger partial charge in [-0.2, -0.15) is 0 Å². The summed E-state index contributed by atoms with van der Waals surface area (Å²) in [5, 5.41) is 19.1. The Labute approximate surface area is 107 Å². The number of benzene rings is 1. The van der Waals surface area contributed by atoms with Gasteiger partial charge in [-0.3, -0.25) is 9.59 Å². The molecule has 94 valence electrons. The van der Waals surface area contributed by atoms with Gasteiger partial charge in [-0.1, -0.05) is 0 Å². The monoisotopic (exact) mass is 255 g/mol. The molecule has 1 heterocycles. The summed E-state index contributed by atoms with van der Waals surface area (Å²) in [6.07, 6.45) is 2.83. The third kappa shape index (κ3) is 1.63. The highest BCUT2D eigenvalue weighted by atomic mass is 16.3. The van der Waals surface area contributed by atoms with Gasteiger partial charge in [0.1, 0.15) is 11.5 Å². The molecular formula is C14H9NO4. The summed E-state index contributed by atoms with van der Waals surface area (Å²) in [6, 6.07) is 5.61. The molecule has 3 N–H and O–H groups in total. The number of hydrogen-bond donors (Lipinski definition) is 3. The van der Waals surface area contributed by atoms with Gasteiger partial charge in [0.25, 0.3) is 0 Å². The number of hydrogen-bond acceptors (Lipinski definition) is 4. The van der Waals surface area contributed by atoms with Crippen LogP contribution in [0.25, 0.3) is 5.57 Å². The smallest absolute Gasteiger partial charge is 0.196 e.